The second-order valence-corrected chi connectivity index (χ2v) is 5.15. The minimum absolute atomic E-state index is 0.135. The molecule has 0 spiro atoms. The van der Waals surface area contributed by atoms with E-state index >= 15 is 0 Å². The Kier molecular flexibility index (Phi) is 4.20. The fourth-order valence-corrected chi connectivity index (χ4v) is 2.20. The Morgan fingerprint density at radius 2 is 2.21 bits per heavy atom. The van der Waals surface area contributed by atoms with Crippen LogP contribution in [0.3, 0.4) is 0 Å². The predicted octanol–water partition coefficient (Wildman–Crippen LogP) is 1.66. The van der Waals surface area contributed by atoms with Crippen LogP contribution in [0.5, 0.6) is 0 Å². The number of rotatable bonds is 5. The van der Waals surface area contributed by atoms with Crippen LogP contribution in [0.25, 0.3) is 5.69 Å². The van der Waals surface area contributed by atoms with E-state index in [0.717, 1.165) is 0 Å². The first-order valence-electron chi connectivity index (χ1n) is 6.63. The maximum absolute atomic E-state index is 12.2. The van der Waals surface area contributed by atoms with E-state index in [1.54, 1.807) is 18.2 Å². The smallest absolute Gasteiger partial charge is 0.358 e. The van der Waals surface area contributed by atoms with Crippen molar-refractivity contribution in [3.63, 3.8) is 0 Å². The van der Waals surface area contributed by atoms with E-state index in [0.29, 0.717) is 16.4 Å². The van der Waals surface area contributed by atoms with Crippen molar-refractivity contribution in [1.29, 1.82) is 0 Å². The van der Waals surface area contributed by atoms with Crippen LogP contribution in [0.2, 0.25) is 5.02 Å². The third-order valence-electron chi connectivity index (χ3n) is 3.03. The van der Waals surface area contributed by atoms with E-state index in [1.807, 2.05) is 0 Å². The molecule has 3 aromatic rings. The van der Waals surface area contributed by atoms with Crippen molar-refractivity contribution in [1.82, 2.24) is 24.3 Å². The molecule has 0 saturated carbocycles. The normalized spacial score (nSPS) is 10.5. The van der Waals surface area contributed by atoms with Crippen molar-refractivity contribution in [3.05, 3.63) is 58.5 Å². The van der Waals surface area contributed by atoms with E-state index in [2.05, 4.69) is 20.4 Å². The Labute approximate surface area is 139 Å². The number of imidazole rings is 1. The summed E-state index contributed by atoms with van der Waals surface area (Å²) < 4.78 is 2.79. The van der Waals surface area contributed by atoms with Gasteiger partial charge in [0.1, 0.15) is 25.4 Å². The monoisotopic (exact) mass is 347 g/mol. The number of anilines is 1. The second kappa shape index (κ2) is 6.46. The molecule has 24 heavy (non-hydrogen) atoms. The molecule has 122 valence electrons. The number of halogens is 1. The molecule has 0 unspecified atom stereocenters. The zero-order valence-electron chi connectivity index (χ0n) is 12.0. The first-order chi connectivity index (χ1) is 11.5. The standard InChI is InChI=1S/C13H10ClN7O3/c14-9-1-2-11(20-7-15-6-17-20)10(3-9)18-13(22)5-19-4-12(16-8-19)21(23)24/h1-4,6-8H,5H2,(H,18,22). The molecular weight excluding hydrogens is 338 g/mol. The average molecular weight is 348 g/mol. The highest BCUT2D eigenvalue weighted by molar-refractivity contribution is 6.31. The fourth-order valence-electron chi connectivity index (χ4n) is 2.03. The summed E-state index contributed by atoms with van der Waals surface area (Å²) in [6.07, 6.45) is 5.24. The van der Waals surface area contributed by atoms with Crippen molar-refractivity contribution in [2.24, 2.45) is 0 Å². The lowest BCUT2D eigenvalue weighted by atomic mass is 10.2. The summed E-state index contributed by atoms with van der Waals surface area (Å²) in [5.41, 5.74) is 1.02. The van der Waals surface area contributed by atoms with Gasteiger partial charge in [0.05, 0.1) is 11.4 Å². The summed E-state index contributed by atoms with van der Waals surface area (Å²) in [6.45, 7) is -0.135. The summed E-state index contributed by atoms with van der Waals surface area (Å²) in [4.78, 5) is 29.6. The van der Waals surface area contributed by atoms with Gasteiger partial charge in [-0.3, -0.25) is 4.79 Å². The number of nitrogens with one attached hydrogen (secondary N) is 1. The van der Waals surface area contributed by atoms with E-state index in [9.17, 15) is 14.9 Å². The molecule has 0 aliphatic rings. The number of carbonyl (C=O) groups is 1. The number of hydrogen-bond donors (Lipinski definition) is 1. The molecule has 0 aliphatic carbocycles. The molecule has 0 radical (unpaired) electrons. The number of hydrogen-bond acceptors (Lipinski definition) is 6. The van der Waals surface area contributed by atoms with Gasteiger partial charge in [-0.05, 0) is 28.1 Å². The lowest BCUT2D eigenvalue weighted by Crippen LogP contribution is -2.19. The Bertz CT molecular complexity index is 891. The molecule has 0 atom stereocenters. The van der Waals surface area contributed by atoms with Gasteiger partial charge in [-0.2, -0.15) is 5.10 Å². The Hall–Kier alpha value is -3.27. The second-order valence-electron chi connectivity index (χ2n) is 4.71. The molecule has 2 aromatic heterocycles. The SMILES string of the molecule is O=C(Cn1cnc([N+](=O)[O-])c1)Nc1cc(Cl)ccc1-n1cncn1. The Balaban J connectivity index is 1.78. The van der Waals surface area contributed by atoms with E-state index in [1.165, 1.54) is 34.4 Å². The van der Waals surface area contributed by atoms with Crippen molar-refractivity contribution >= 4 is 29.0 Å². The third kappa shape index (κ3) is 3.38. The number of nitrogens with zero attached hydrogens (tertiary/aromatic N) is 6. The van der Waals surface area contributed by atoms with Crippen LogP contribution in [-0.4, -0.2) is 35.1 Å². The van der Waals surface area contributed by atoms with E-state index in [-0.39, 0.29) is 12.4 Å². The molecule has 0 aliphatic heterocycles. The fraction of sp³-hybridized carbons (Fsp3) is 0.0769. The molecule has 2 heterocycles. The molecule has 0 bridgehead atoms. The van der Waals surface area contributed by atoms with Gasteiger partial charge in [-0.25, -0.2) is 9.67 Å². The van der Waals surface area contributed by atoms with Crippen molar-refractivity contribution in [2.45, 2.75) is 6.54 Å². The average Bonchev–Trinajstić information content (AvgIpc) is 3.18. The summed E-state index contributed by atoms with van der Waals surface area (Å²) in [5.74, 6) is -0.722. The highest BCUT2D eigenvalue weighted by atomic mass is 35.5. The zero-order chi connectivity index (χ0) is 17.1. The molecule has 0 saturated heterocycles. The van der Waals surface area contributed by atoms with Crippen molar-refractivity contribution < 1.29 is 9.72 Å². The molecular formula is C13H10ClN7O3. The quantitative estimate of drug-likeness (QED) is 0.553. The van der Waals surface area contributed by atoms with Crippen LogP contribution in [-0.2, 0) is 11.3 Å². The summed E-state index contributed by atoms with van der Waals surface area (Å²) in [7, 11) is 0. The number of benzene rings is 1. The van der Waals surface area contributed by atoms with Gasteiger partial charge in [0.25, 0.3) is 0 Å². The van der Waals surface area contributed by atoms with Gasteiger partial charge in [0.2, 0.25) is 12.2 Å². The lowest BCUT2D eigenvalue weighted by Gasteiger charge is -2.11. The first kappa shape index (κ1) is 15.6. The van der Waals surface area contributed by atoms with Gasteiger partial charge >= 0.3 is 5.82 Å². The van der Waals surface area contributed by atoms with Crippen LogP contribution < -0.4 is 5.32 Å². The maximum atomic E-state index is 12.2. The molecule has 10 nitrogen and oxygen atoms in total. The van der Waals surface area contributed by atoms with Gasteiger partial charge in [0.15, 0.2) is 0 Å². The predicted molar refractivity (Wildman–Crippen MR) is 83.9 cm³/mol. The van der Waals surface area contributed by atoms with Gasteiger partial charge in [-0.1, -0.05) is 11.6 Å². The van der Waals surface area contributed by atoms with Crippen LogP contribution >= 0.6 is 11.6 Å². The molecule has 11 heteroatoms. The summed E-state index contributed by atoms with van der Waals surface area (Å²) in [6, 6.07) is 4.93. The number of amides is 1. The molecule has 1 N–H and O–H groups in total. The highest BCUT2D eigenvalue weighted by Crippen LogP contribution is 2.24. The van der Waals surface area contributed by atoms with Crippen LogP contribution in [0, 0.1) is 10.1 Å². The Morgan fingerprint density at radius 3 is 2.88 bits per heavy atom. The number of aromatic nitrogens is 5. The van der Waals surface area contributed by atoms with Gasteiger partial charge in [-0.15, -0.1) is 0 Å². The summed E-state index contributed by atoms with van der Waals surface area (Å²) >= 11 is 5.97. The zero-order valence-corrected chi connectivity index (χ0v) is 12.8. The highest BCUT2D eigenvalue weighted by Gasteiger charge is 2.14. The molecule has 1 amide bonds. The lowest BCUT2D eigenvalue weighted by molar-refractivity contribution is -0.389. The minimum Gasteiger partial charge on any atom is -0.358 e. The number of carbonyl (C=O) groups excluding carboxylic acids is 1. The number of nitro groups is 1. The van der Waals surface area contributed by atoms with E-state index in [4.69, 9.17) is 11.6 Å². The Morgan fingerprint density at radius 1 is 1.38 bits per heavy atom. The van der Waals surface area contributed by atoms with Crippen LogP contribution in [0.15, 0.2) is 43.4 Å². The maximum Gasteiger partial charge on any atom is 0.381 e. The topological polar surface area (TPSA) is 121 Å². The van der Waals surface area contributed by atoms with Crippen LogP contribution in [0.1, 0.15) is 0 Å². The van der Waals surface area contributed by atoms with Crippen molar-refractivity contribution in [2.75, 3.05) is 5.32 Å². The molecule has 3 rings (SSSR count). The largest absolute Gasteiger partial charge is 0.381 e. The van der Waals surface area contributed by atoms with E-state index < -0.39 is 10.8 Å². The minimum atomic E-state index is -0.631. The molecule has 1 aromatic carbocycles. The van der Waals surface area contributed by atoms with Crippen LogP contribution in [0.4, 0.5) is 11.5 Å². The first-order valence-corrected chi connectivity index (χ1v) is 7.01. The van der Waals surface area contributed by atoms with Gasteiger partial charge in [0, 0.05) is 5.02 Å². The third-order valence-corrected chi connectivity index (χ3v) is 3.27. The molecule has 0 fully saturated rings. The van der Waals surface area contributed by atoms with Crippen molar-refractivity contribution in [3.8, 4) is 5.69 Å². The summed E-state index contributed by atoms with van der Waals surface area (Å²) in [5, 5.41) is 17.7. The van der Waals surface area contributed by atoms with Gasteiger partial charge < -0.3 is 20.0 Å².